The molecule has 1 aliphatic carbocycles. The molecule has 0 saturated heterocycles. The van der Waals surface area contributed by atoms with Crippen LogP contribution in [0.15, 0.2) is 12.1 Å². The molecular weight excluding hydrogens is 316 g/mol. The second-order valence-corrected chi connectivity index (χ2v) is 11.1. The molecule has 0 saturated carbocycles. The number of rotatable bonds is 3. The van der Waals surface area contributed by atoms with Crippen LogP contribution < -0.4 is 0 Å². The molecule has 126 valence electrons. The molecule has 2 rings (SSSR count). The van der Waals surface area contributed by atoms with E-state index in [2.05, 4.69) is 60.6 Å². The molecule has 2 unspecified atom stereocenters. The van der Waals surface area contributed by atoms with Gasteiger partial charge in [-0.25, -0.2) is 0 Å². The Morgan fingerprint density at radius 3 is 2.13 bits per heavy atom. The quantitative estimate of drug-likeness (QED) is 0.474. The monoisotopic (exact) mass is 346 g/mol. The summed E-state index contributed by atoms with van der Waals surface area (Å²) in [4.78, 5) is 11.1. The standard InChI is InChI=1S/C17H24O.C3H7.ClH.Mg/c1-10(2)16-12(4)17(5,6)15-8-13(9-18)11(3)7-14(15)16;1-3-2;;/h7-10,12,16H,1-6H3;3H,1-2H3;1H;/q;;;+1/p-1. The molecule has 0 spiro atoms. The van der Waals surface area contributed by atoms with Gasteiger partial charge in [-0.3, -0.25) is 4.79 Å². The summed E-state index contributed by atoms with van der Waals surface area (Å²) in [6, 6.07) is 4.37. The van der Waals surface area contributed by atoms with Crippen LogP contribution >= 0.6 is 9.07 Å². The zero-order valence-electron chi connectivity index (χ0n) is 16.0. The van der Waals surface area contributed by atoms with E-state index < -0.39 is 0 Å². The van der Waals surface area contributed by atoms with Crippen molar-refractivity contribution in [1.82, 2.24) is 0 Å². The highest BCUT2D eigenvalue weighted by molar-refractivity contribution is 6.94. The summed E-state index contributed by atoms with van der Waals surface area (Å²) in [5.74, 6) is 1.87. The van der Waals surface area contributed by atoms with Gasteiger partial charge in [-0.15, -0.1) is 4.05 Å². The lowest BCUT2D eigenvalue weighted by atomic mass is 9.74. The van der Waals surface area contributed by atoms with E-state index in [1.807, 2.05) is 6.92 Å². The Morgan fingerprint density at radius 2 is 1.74 bits per heavy atom. The van der Waals surface area contributed by atoms with Crippen molar-refractivity contribution >= 4 is 34.6 Å². The van der Waals surface area contributed by atoms with Gasteiger partial charge in [0.05, 0.1) is 0 Å². The Kier molecular flexibility index (Phi) is 7.63. The Hall–Kier alpha value is -0.0538. The van der Waals surface area contributed by atoms with E-state index >= 15 is 0 Å². The van der Waals surface area contributed by atoms with E-state index in [-0.39, 0.29) is 24.7 Å². The molecule has 0 radical (unpaired) electrons. The summed E-state index contributed by atoms with van der Waals surface area (Å²) in [6.07, 6.45) is 0.985. The van der Waals surface area contributed by atoms with E-state index in [1.54, 1.807) is 0 Å². The first-order valence-corrected chi connectivity index (χ1v) is 11.7. The molecule has 1 aromatic rings. The maximum Gasteiger partial charge on any atom is 0.503 e. The number of benzene rings is 1. The average molecular weight is 347 g/mol. The summed E-state index contributed by atoms with van der Waals surface area (Å²) in [6.45, 7) is 17.9. The highest BCUT2D eigenvalue weighted by Crippen LogP contribution is 2.53. The molecule has 0 aliphatic heterocycles. The first-order chi connectivity index (χ1) is 10.6. The number of carbonyl (C=O) groups excluding carboxylic acids is 1. The fourth-order valence-corrected chi connectivity index (χ4v) is 3.61. The smallest absolute Gasteiger partial charge is 0.346 e. The number of carbonyl (C=O) groups is 1. The van der Waals surface area contributed by atoms with E-state index in [9.17, 15) is 4.79 Å². The summed E-state index contributed by atoms with van der Waals surface area (Å²) in [5.41, 5.74) is 4.96. The molecule has 0 N–H and O–H groups in total. The SMILES string of the molecule is C[CH](C)[Mg][Cl].Cc1cc2c(cc1C=O)C(C)(C)C(C)C2C(C)C. The number of halogens is 1. The second-order valence-electron chi connectivity index (χ2n) is 8.24. The van der Waals surface area contributed by atoms with Gasteiger partial charge in [-0.1, -0.05) is 54.5 Å². The van der Waals surface area contributed by atoms with Crippen LogP contribution in [0.4, 0.5) is 0 Å². The van der Waals surface area contributed by atoms with Crippen LogP contribution in [0.1, 0.15) is 81.4 Å². The molecule has 1 nitrogen and oxygen atoms in total. The minimum absolute atomic E-state index is 0.162. The zero-order valence-corrected chi connectivity index (χ0v) is 18.2. The lowest BCUT2D eigenvalue weighted by Gasteiger charge is -2.30. The van der Waals surface area contributed by atoms with Gasteiger partial charge in [0.1, 0.15) is 6.29 Å². The van der Waals surface area contributed by atoms with Crippen molar-refractivity contribution in [2.45, 2.75) is 70.8 Å². The van der Waals surface area contributed by atoms with Crippen LogP contribution in [0.3, 0.4) is 0 Å². The minimum Gasteiger partial charge on any atom is -0.346 e. The fourth-order valence-electron chi connectivity index (χ4n) is 3.61. The summed E-state index contributed by atoms with van der Waals surface area (Å²) in [5, 5.41) is 0. The largest absolute Gasteiger partial charge is 0.503 e. The molecule has 23 heavy (non-hydrogen) atoms. The van der Waals surface area contributed by atoms with Crippen LogP contribution in [-0.4, -0.2) is 25.5 Å². The third kappa shape index (κ3) is 4.52. The number of aryl methyl sites for hydroxylation is 1. The molecule has 0 bridgehead atoms. The molecular formula is C20H31ClMgO. The number of hydrogen-bond acceptors (Lipinski definition) is 1. The van der Waals surface area contributed by atoms with Gasteiger partial charge in [-0.05, 0) is 52.8 Å². The minimum atomic E-state index is -0.179. The van der Waals surface area contributed by atoms with Crippen molar-refractivity contribution in [3.63, 3.8) is 0 Å². The number of aldehydes is 1. The van der Waals surface area contributed by atoms with Crippen LogP contribution in [0, 0.1) is 18.8 Å². The maximum absolute atomic E-state index is 11.1. The highest BCUT2D eigenvalue weighted by atomic mass is 35.5. The number of fused-ring (bicyclic) bond motifs is 1. The Labute approximate surface area is 156 Å². The van der Waals surface area contributed by atoms with Crippen molar-refractivity contribution in [2.24, 2.45) is 11.8 Å². The van der Waals surface area contributed by atoms with E-state index in [0.29, 0.717) is 17.8 Å². The lowest BCUT2D eigenvalue weighted by Crippen LogP contribution is -2.25. The molecule has 0 aromatic heterocycles. The molecule has 2 atom stereocenters. The first-order valence-electron chi connectivity index (χ1n) is 8.74. The van der Waals surface area contributed by atoms with Gasteiger partial charge in [0.15, 0.2) is 0 Å². The zero-order chi connectivity index (χ0) is 17.9. The number of hydrogen-bond donors (Lipinski definition) is 0. The lowest BCUT2D eigenvalue weighted by molar-refractivity contribution is 0.112. The molecule has 1 aromatic carbocycles. The average Bonchev–Trinajstić information content (AvgIpc) is 2.65. The van der Waals surface area contributed by atoms with Gasteiger partial charge in [0.25, 0.3) is 0 Å². The summed E-state index contributed by atoms with van der Waals surface area (Å²) >= 11 is -0.179. The molecule has 0 amide bonds. The third-order valence-corrected chi connectivity index (χ3v) is 7.79. The van der Waals surface area contributed by atoms with Crippen LogP contribution in [0.2, 0.25) is 4.05 Å². The summed E-state index contributed by atoms with van der Waals surface area (Å²) in [7, 11) is 5.48. The Bertz CT molecular complexity index is 549. The molecule has 1 aliphatic rings. The van der Waals surface area contributed by atoms with Crippen molar-refractivity contribution in [3.8, 4) is 0 Å². The van der Waals surface area contributed by atoms with E-state index in [4.69, 9.17) is 9.07 Å². The first kappa shape index (κ1) is 21.0. The normalized spacial score (nSPS) is 21.5. The molecule has 0 fully saturated rings. The molecule has 3 heteroatoms. The van der Waals surface area contributed by atoms with E-state index in [1.165, 1.54) is 11.1 Å². The fraction of sp³-hybridized carbons (Fsp3) is 0.650. The topological polar surface area (TPSA) is 17.1 Å². The van der Waals surface area contributed by atoms with Gasteiger partial charge < -0.3 is 9.07 Å². The third-order valence-electron chi connectivity index (χ3n) is 5.32. The van der Waals surface area contributed by atoms with E-state index in [0.717, 1.165) is 21.5 Å². The highest BCUT2D eigenvalue weighted by Gasteiger charge is 2.44. The maximum atomic E-state index is 11.1. The van der Waals surface area contributed by atoms with Crippen LogP contribution in [0.25, 0.3) is 0 Å². The van der Waals surface area contributed by atoms with Crippen molar-refractivity contribution < 1.29 is 4.79 Å². The predicted molar refractivity (Wildman–Crippen MR) is 103 cm³/mol. The van der Waals surface area contributed by atoms with Gasteiger partial charge >= 0.3 is 19.3 Å². The summed E-state index contributed by atoms with van der Waals surface area (Å²) < 4.78 is 0.789. The molecule has 0 heterocycles. The Balaban J connectivity index is 0.000000463. The van der Waals surface area contributed by atoms with Gasteiger partial charge in [0.2, 0.25) is 0 Å². The van der Waals surface area contributed by atoms with Gasteiger partial charge in [0, 0.05) is 5.56 Å². The van der Waals surface area contributed by atoms with Crippen molar-refractivity contribution in [2.75, 3.05) is 0 Å². The van der Waals surface area contributed by atoms with Crippen molar-refractivity contribution in [3.05, 3.63) is 34.4 Å². The van der Waals surface area contributed by atoms with Crippen LogP contribution in [-0.2, 0) is 5.41 Å². The second kappa shape index (κ2) is 8.36. The Morgan fingerprint density at radius 1 is 1.22 bits per heavy atom. The van der Waals surface area contributed by atoms with Crippen molar-refractivity contribution in [1.29, 1.82) is 0 Å². The van der Waals surface area contributed by atoms with Gasteiger partial charge in [-0.2, -0.15) is 0 Å². The van der Waals surface area contributed by atoms with Crippen LogP contribution in [0.5, 0.6) is 0 Å². The predicted octanol–water partition coefficient (Wildman–Crippen LogP) is 6.15.